The lowest BCUT2D eigenvalue weighted by atomic mass is 10.0. The van der Waals surface area contributed by atoms with Crippen LogP contribution in [0.3, 0.4) is 0 Å². The van der Waals surface area contributed by atoms with E-state index in [4.69, 9.17) is 5.11 Å². The Hall–Kier alpha value is -2.08. The van der Waals surface area contributed by atoms with Gasteiger partial charge in [-0.15, -0.1) is 0 Å². The first-order valence-corrected chi connectivity index (χ1v) is 8.03. The Morgan fingerprint density at radius 2 is 1.91 bits per heavy atom. The number of carbonyl (C=O) groups is 2. The highest BCUT2D eigenvalue weighted by molar-refractivity contribution is 9.10. The fraction of sp³-hybridized carbons (Fsp3) is 0.294. The van der Waals surface area contributed by atoms with Crippen LogP contribution in [0, 0.1) is 12.8 Å². The van der Waals surface area contributed by atoms with Gasteiger partial charge in [0.15, 0.2) is 0 Å². The largest absolute Gasteiger partial charge is 0.481 e. The summed E-state index contributed by atoms with van der Waals surface area (Å²) in [4.78, 5) is 24.7. The Morgan fingerprint density at radius 1 is 1.30 bits per heavy atom. The molecule has 0 heterocycles. The van der Waals surface area contributed by atoms with Gasteiger partial charge in [-0.1, -0.05) is 47.1 Å². The molecule has 0 aromatic heterocycles. The number of halogens is 1. The molecule has 1 unspecified atom stereocenters. The molecular weight excluding hydrogens is 360 g/mol. The van der Waals surface area contributed by atoms with Crippen molar-refractivity contribution in [2.45, 2.75) is 13.8 Å². The lowest BCUT2D eigenvalue weighted by Crippen LogP contribution is -2.36. The summed E-state index contributed by atoms with van der Waals surface area (Å²) >= 11 is 3.54. The second-order valence-electron chi connectivity index (χ2n) is 5.65. The van der Waals surface area contributed by atoms with Crippen LogP contribution in [0.1, 0.15) is 12.5 Å². The maximum absolute atomic E-state index is 12.4. The molecule has 0 aliphatic rings. The Kier molecular flexibility index (Phi) is 5.26. The van der Waals surface area contributed by atoms with Crippen LogP contribution in [0.2, 0.25) is 0 Å². The van der Waals surface area contributed by atoms with Gasteiger partial charge in [-0.05, 0) is 23.9 Å². The van der Waals surface area contributed by atoms with Gasteiger partial charge in [0.05, 0.1) is 11.6 Å². The van der Waals surface area contributed by atoms with Crippen LogP contribution in [0.15, 0.2) is 34.8 Å². The van der Waals surface area contributed by atoms with Crippen LogP contribution in [0.4, 0.5) is 10.5 Å². The molecule has 1 atom stereocenters. The van der Waals surface area contributed by atoms with Crippen molar-refractivity contribution in [2.75, 3.05) is 18.9 Å². The van der Waals surface area contributed by atoms with E-state index in [1.165, 1.54) is 4.90 Å². The van der Waals surface area contributed by atoms with Gasteiger partial charge < -0.3 is 15.3 Å². The second-order valence-corrected chi connectivity index (χ2v) is 6.50. The average Bonchev–Trinajstić information content (AvgIpc) is 2.50. The third-order valence-electron chi connectivity index (χ3n) is 3.74. The Balaban J connectivity index is 2.28. The summed E-state index contributed by atoms with van der Waals surface area (Å²) in [6.07, 6.45) is 0. The molecular formula is C17H19BrN2O3. The second kappa shape index (κ2) is 7.00. The number of anilines is 1. The first kappa shape index (κ1) is 17.3. The molecule has 2 aromatic rings. The maximum Gasteiger partial charge on any atom is 0.321 e. The van der Waals surface area contributed by atoms with Crippen molar-refractivity contribution in [2.24, 2.45) is 5.92 Å². The molecule has 0 aliphatic carbocycles. The number of hydrogen-bond donors (Lipinski definition) is 2. The molecule has 2 amide bonds. The maximum atomic E-state index is 12.4. The number of urea groups is 1. The topological polar surface area (TPSA) is 69.6 Å². The molecule has 0 bridgehead atoms. The van der Waals surface area contributed by atoms with Crippen molar-refractivity contribution in [3.8, 4) is 0 Å². The standard InChI is InChI=1S/C17H19BrN2O3/c1-10-8-14(18)12-6-4-5-7-13(12)15(10)19-17(23)20(3)9-11(2)16(21)22/h4-8,11H,9H2,1-3H3,(H,19,23)(H,21,22). The molecule has 0 fully saturated rings. The summed E-state index contributed by atoms with van der Waals surface area (Å²) in [5.74, 6) is -1.54. The van der Waals surface area contributed by atoms with Gasteiger partial charge in [0.2, 0.25) is 0 Å². The van der Waals surface area contributed by atoms with Crippen molar-refractivity contribution >= 4 is 44.4 Å². The van der Waals surface area contributed by atoms with Gasteiger partial charge in [-0.3, -0.25) is 4.79 Å². The third-order valence-corrected chi connectivity index (χ3v) is 4.40. The van der Waals surface area contributed by atoms with E-state index in [-0.39, 0.29) is 12.6 Å². The average molecular weight is 379 g/mol. The zero-order valence-electron chi connectivity index (χ0n) is 13.3. The fourth-order valence-electron chi connectivity index (χ4n) is 2.40. The van der Waals surface area contributed by atoms with E-state index in [1.807, 2.05) is 37.3 Å². The number of carboxylic acid groups (broad SMARTS) is 1. The number of amides is 2. The van der Waals surface area contributed by atoms with Crippen molar-refractivity contribution in [3.05, 3.63) is 40.4 Å². The van der Waals surface area contributed by atoms with Gasteiger partial charge >= 0.3 is 12.0 Å². The van der Waals surface area contributed by atoms with E-state index in [9.17, 15) is 9.59 Å². The van der Waals surface area contributed by atoms with Gasteiger partial charge in [0, 0.05) is 23.5 Å². The molecule has 6 heteroatoms. The Bertz CT molecular complexity index is 761. The summed E-state index contributed by atoms with van der Waals surface area (Å²) in [5.41, 5.74) is 1.67. The fourth-order valence-corrected chi connectivity index (χ4v) is 3.09. The SMILES string of the molecule is Cc1cc(Br)c2ccccc2c1NC(=O)N(C)CC(C)C(=O)O. The minimum Gasteiger partial charge on any atom is -0.481 e. The number of benzene rings is 2. The molecule has 2 rings (SSSR count). The lowest BCUT2D eigenvalue weighted by Gasteiger charge is -2.21. The Labute approximate surface area is 143 Å². The molecule has 0 saturated heterocycles. The number of nitrogens with one attached hydrogen (secondary N) is 1. The predicted molar refractivity (Wildman–Crippen MR) is 94.8 cm³/mol. The summed E-state index contributed by atoms with van der Waals surface area (Å²) in [5, 5.41) is 13.8. The van der Waals surface area contributed by atoms with E-state index >= 15 is 0 Å². The van der Waals surface area contributed by atoms with E-state index in [1.54, 1.807) is 14.0 Å². The summed E-state index contributed by atoms with van der Waals surface area (Å²) in [6, 6.07) is 9.41. The first-order valence-electron chi connectivity index (χ1n) is 7.24. The summed E-state index contributed by atoms with van der Waals surface area (Å²) in [6.45, 7) is 3.65. The van der Waals surface area contributed by atoms with Crippen LogP contribution in [-0.2, 0) is 4.79 Å². The van der Waals surface area contributed by atoms with E-state index in [0.29, 0.717) is 0 Å². The smallest absolute Gasteiger partial charge is 0.321 e. The van der Waals surface area contributed by atoms with Gasteiger partial charge in [0.25, 0.3) is 0 Å². The van der Waals surface area contributed by atoms with E-state index < -0.39 is 11.9 Å². The van der Waals surface area contributed by atoms with E-state index in [0.717, 1.165) is 26.5 Å². The number of fused-ring (bicyclic) bond motifs is 1. The third kappa shape index (κ3) is 3.82. The highest BCUT2D eigenvalue weighted by Crippen LogP contribution is 2.33. The molecule has 0 saturated carbocycles. The van der Waals surface area contributed by atoms with Crippen LogP contribution >= 0.6 is 15.9 Å². The minimum atomic E-state index is -0.921. The molecule has 0 spiro atoms. The number of rotatable bonds is 4. The molecule has 0 aliphatic heterocycles. The number of aryl methyl sites for hydroxylation is 1. The monoisotopic (exact) mass is 378 g/mol. The zero-order valence-corrected chi connectivity index (χ0v) is 14.8. The zero-order chi connectivity index (χ0) is 17.1. The molecule has 2 aromatic carbocycles. The summed E-state index contributed by atoms with van der Waals surface area (Å²) < 4.78 is 0.969. The van der Waals surface area contributed by atoms with Gasteiger partial charge in [-0.2, -0.15) is 0 Å². The van der Waals surface area contributed by atoms with Crippen molar-refractivity contribution < 1.29 is 14.7 Å². The highest BCUT2D eigenvalue weighted by Gasteiger charge is 2.19. The number of hydrogen-bond acceptors (Lipinski definition) is 2. The highest BCUT2D eigenvalue weighted by atomic mass is 79.9. The van der Waals surface area contributed by atoms with Crippen LogP contribution in [0.5, 0.6) is 0 Å². The van der Waals surface area contributed by atoms with Crippen molar-refractivity contribution in [1.82, 2.24) is 4.90 Å². The quantitative estimate of drug-likeness (QED) is 0.841. The minimum absolute atomic E-state index is 0.147. The van der Waals surface area contributed by atoms with E-state index in [2.05, 4.69) is 21.2 Å². The van der Waals surface area contributed by atoms with Crippen LogP contribution in [0.25, 0.3) is 10.8 Å². The number of aliphatic carboxylic acids is 1. The van der Waals surface area contributed by atoms with Crippen LogP contribution < -0.4 is 5.32 Å². The molecule has 2 N–H and O–H groups in total. The van der Waals surface area contributed by atoms with Gasteiger partial charge in [-0.25, -0.2) is 4.79 Å². The van der Waals surface area contributed by atoms with Crippen molar-refractivity contribution in [1.29, 1.82) is 0 Å². The van der Waals surface area contributed by atoms with Crippen LogP contribution in [-0.4, -0.2) is 35.6 Å². The molecule has 0 radical (unpaired) electrons. The molecule has 122 valence electrons. The Morgan fingerprint density at radius 3 is 2.52 bits per heavy atom. The first-order chi connectivity index (χ1) is 10.8. The van der Waals surface area contributed by atoms with Gasteiger partial charge in [0.1, 0.15) is 0 Å². The predicted octanol–water partition coefficient (Wildman–Crippen LogP) is 4.10. The number of carboxylic acids is 1. The molecule has 23 heavy (non-hydrogen) atoms. The normalized spacial score (nSPS) is 12.0. The number of nitrogens with zero attached hydrogens (tertiary/aromatic N) is 1. The summed E-state index contributed by atoms with van der Waals surface area (Å²) in [7, 11) is 1.59. The molecule has 5 nitrogen and oxygen atoms in total. The van der Waals surface area contributed by atoms with Crippen molar-refractivity contribution in [3.63, 3.8) is 0 Å². The lowest BCUT2D eigenvalue weighted by molar-refractivity contribution is -0.141. The number of carbonyl (C=O) groups excluding carboxylic acids is 1.